The number of aliphatic hydroxyl groups is 1. The Hall–Kier alpha value is -2.81. The first-order chi connectivity index (χ1) is 14.1. The van der Waals surface area contributed by atoms with Crippen LogP contribution in [-0.4, -0.2) is 47.4 Å². The predicted molar refractivity (Wildman–Crippen MR) is 111 cm³/mol. The highest BCUT2D eigenvalue weighted by molar-refractivity contribution is 5.51. The van der Waals surface area contributed by atoms with Crippen LogP contribution < -0.4 is 25.3 Å². The number of hydrogen-bond donors (Lipinski definition) is 3. The van der Waals surface area contributed by atoms with Crippen molar-refractivity contribution in [2.75, 3.05) is 38.4 Å². The molecule has 0 aromatic carbocycles. The molecule has 0 radical (unpaired) electrons. The van der Waals surface area contributed by atoms with Crippen LogP contribution in [0, 0.1) is 5.92 Å². The molecule has 29 heavy (non-hydrogen) atoms. The molecule has 2 aromatic heterocycles. The van der Waals surface area contributed by atoms with E-state index in [1.165, 1.54) is 6.20 Å². The number of aromatic nitrogens is 3. The summed E-state index contributed by atoms with van der Waals surface area (Å²) < 4.78 is 16.6. The number of rotatable bonds is 13. The zero-order chi connectivity index (χ0) is 21.1. The van der Waals surface area contributed by atoms with Crippen LogP contribution in [0.25, 0.3) is 0 Å². The minimum atomic E-state index is 0.151. The van der Waals surface area contributed by atoms with E-state index in [4.69, 9.17) is 19.9 Å². The molecule has 2 rings (SSSR count). The SMILES string of the molecule is CCCC[C@@H](CCO)CNc1nc(N)ncc1OCc1nccc(OC)c1OC. The van der Waals surface area contributed by atoms with E-state index in [2.05, 4.69) is 27.2 Å². The molecule has 9 heteroatoms. The van der Waals surface area contributed by atoms with Gasteiger partial charge < -0.3 is 30.4 Å². The van der Waals surface area contributed by atoms with Crippen molar-refractivity contribution in [1.29, 1.82) is 0 Å². The Kier molecular flexibility index (Phi) is 9.23. The molecule has 1 atom stereocenters. The van der Waals surface area contributed by atoms with Crippen molar-refractivity contribution in [3.63, 3.8) is 0 Å². The molecule has 0 saturated heterocycles. The highest BCUT2D eigenvalue weighted by Gasteiger charge is 2.15. The molecule has 0 bridgehead atoms. The summed E-state index contributed by atoms with van der Waals surface area (Å²) in [6.07, 6.45) is 7.16. The zero-order valence-electron chi connectivity index (χ0n) is 17.4. The number of hydrogen-bond acceptors (Lipinski definition) is 9. The van der Waals surface area contributed by atoms with Gasteiger partial charge in [-0.25, -0.2) is 4.98 Å². The summed E-state index contributed by atoms with van der Waals surface area (Å²) in [6, 6.07) is 1.72. The van der Waals surface area contributed by atoms with E-state index in [-0.39, 0.29) is 19.2 Å². The Morgan fingerprint density at radius 3 is 2.69 bits per heavy atom. The van der Waals surface area contributed by atoms with Crippen molar-refractivity contribution in [1.82, 2.24) is 15.0 Å². The Bertz CT molecular complexity index is 760. The molecule has 0 spiro atoms. The highest BCUT2D eigenvalue weighted by atomic mass is 16.5. The molecule has 9 nitrogen and oxygen atoms in total. The van der Waals surface area contributed by atoms with Crippen molar-refractivity contribution in [2.45, 2.75) is 39.2 Å². The number of aliphatic hydroxyl groups excluding tert-OH is 1. The minimum absolute atomic E-state index is 0.151. The standard InChI is InChI=1S/C20H31N5O4/c1-4-5-6-14(8-10-26)11-23-19-17(12-24-20(21)25-19)29-13-15-18(28-3)16(27-2)7-9-22-15/h7,9,12,14,26H,4-6,8,10-11,13H2,1-3H3,(H3,21,23,24,25)/t14-/m0/s1. The summed E-state index contributed by atoms with van der Waals surface area (Å²) >= 11 is 0. The molecule has 0 amide bonds. The van der Waals surface area contributed by atoms with E-state index in [9.17, 15) is 5.11 Å². The van der Waals surface area contributed by atoms with Crippen molar-refractivity contribution in [2.24, 2.45) is 5.92 Å². The number of pyridine rings is 1. The number of nitrogens with one attached hydrogen (secondary N) is 1. The lowest BCUT2D eigenvalue weighted by Gasteiger charge is -2.18. The first kappa shape index (κ1) is 22.5. The minimum Gasteiger partial charge on any atom is -0.493 e. The number of methoxy groups -OCH3 is 2. The molecular formula is C20H31N5O4. The number of ether oxygens (including phenoxy) is 3. The molecule has 0 aliphatic heterocycles. The maximum atomic E-state index is 9.31. The lowest BCUT2D eigenvalue weighted by molar-refractivity contribution is 0.254. The van der Waals surface area contributed by atoms with Gasteiger partial charge >= 0.3 is 0 Å². The Morgan fingerprint density at radius 1 is 1.17 bits per heavy atom. The van der Waals surface area contributed by atoms with Gasteiger partial charge in [-0.1, -0.05) is 19.8 Å². The Balaban J connectivity index is 2.10. The molecular weight excluding hydrogens is 374 g/mol. The number of anilines is 2. The highest BCUT2D eigenvalue weighted by Crippen LogP contribution is 2.31. The fourth-order valence-electron chi connectivity index (χ4n) is 2.98. The van der Waals surface area contributed by atoms with Crippen LogP contribution >= 0.6 is 0 Å². The maximum absolute atomic E-state index is 9.31. The summed E-state index contributed by atoms with van der Waals surface area (Å²) in [4.78, 5) is 12.6. The molecule has 0 unspecified atom stereocenters. The van der Waals surface area contributed by atoms with Gasteiger partial charge in [0.1, 0.15) is 12.3 Å². The monoisotopic (exact) mass is 405 g/mol. The quantitative estimate of drug-likeness (QED) is 0.461. The lowest BCUT2D eigenvalue weighted by Crippen LogP contribution is -2.18. The number of nitrogens with two attached hydrogens (primary N) is 1. The molecule has 160 valence electrons. The molecule has 0 aliphatic carbocycles. The van der Waals surface area contributed by atoms with E-state index in [1.807, 2.05) is 0 Å². The van der Waals surface area contributed by atoms with Gasteiger partial charge in [0.05, 0.1) is 20.4 Å². The largest absolute Gasteiger partial charge is 0.493 e. The zero-order valence-corrected chi connectivity index (χ0v) is 17.4. The first-order valence-corrected chi connectivity index (χ1v) is 9.78. The molecule has 0 aliphatic rings. The maximum Gasteiger partial charge on any atom is 0.222 e. The second kappa shape index (κ2) is 11.9. The summed E-state index contributed by atoms with van der Waals surface area (Å²) in [7, 11) is 3.12. The van der Waals surface area contributed by atoms with Crippen LogP contribution in [0.4, 0.5) is 11.8 Å². The summed E-state index contributed by atoms with van der Waals surface area (Å²) in [5.41, 5.74) is 6.35. The van der Waals surface area contributed by atoms with Crippen LogP contribution in [0.2, 0.25) is 0 Å². The summed E-state index contributed by atoms with van der Waals surface area (Å²) in [6.45, 7) is 3.13. The average molecular weight is 405 g/mol. The van der Waals surface area contributed by atoms with E-state index in [1.54, 1.807) is 26.5 Å². The number of nitrogen functional groups attached to an aromatic ring is 1. The van der Waals surface area contributed by atoms with Gasteiger partial charge in [0.15, 0.2) is 23.1 Å². The molecule has 0 fully saturated rings. The van der Waals surface area contributed by atoms with E-state index < -0.39 is 0 Å². The Morgan fingerprint density at radius 2 is 2.00 bits per heavy atom. The normalized spacial score (nSPS) is 11.7. The first-order valence-electron chi connectivity index (χ1n) is 9.78. The van der Waals surface area contributed by atoms with Crippen LogP contribution in [0.15, 0.2) is 18.5 Å². The van der Waals surface area contributed by atoms with Gasteiger partial charge in [-0.15, -0.1) is 0 Å². The lowest BCUT2D eigenvalue weighted by atomic mass is 9.99. The van der Waals surface area contributed by atoms with Crippen molar-refractivity contribution in [3.05, 3.63) is 24.2 Å². The van der Waals surface area contributed by atoms with E-state index in [0.29, 0.717) is 41.2 Å². The summed E-state index contributed by atoms with van der Waals surface area (Å²) in [5, 5.41) is 12.6. The van der Waals surface area contributed by atoms with Gasteiger partial charge in [-0.3, -0.25) is 4.98 Å². The third-order valence-electron chi connectivity index (χ3n) is 4.57. The third-order valence-corrected chi connectivity index (χ3v) is 4.57. The predicted octanol–water partition coefficient (Wildman–Crippen LogP) is 2.65. The molecule has 2 heterocycles. The number of nitrogens with zero attached hydrogens (tertiary/aromatic N) is 3. The van der Waals surface area contributed by atoms with Crippen LogP contribution in [0.3, 0.4) is 0 Å². The van der Waals surface area contributed by atoms with Gasteiger partial charge in [0.25, 0.3) is 0 Å². The molecule has 0 saturated carbocycles. The topological polar surface area (TPSA) is 125 Å². The molecule has 4 N–H and O–H groups in total. The average Bonchev–Trinajstić information content (AvgIpc) is 2.74. The van der Waals surface area contributed by atoms with Gasteiger partial charge in [0, 0.05) is 25.4 Å². The number of unbranched alkanes of at least 4 members (excludes halogenated alkanes) is 1. The summed E-state index contributed by atoms with van der Waals surface area (Å²) in [5.74, 6) is 2.57. The van der Waals surface area contributed by atoms with Crippen molar-refractivity contribution in [3.8, 4) is 17.2 Å². The third kappa shape index (κ3) is 6.63. The van der Waals surface area contributed by atoms with Gasteiger partial charge in [-0.2, -0.15) is 4.98 Å². The van der Waals surface area contributed by atoms with Crippen LogP contribution in [-0.2, 0) is 6.61 Å². The van der Waals surface area contributed by atoms with Crippen LogP contribution in [0.5, 0.6) is 17.2 Å². The van der Waals surface area contributed by atoms with E-state index >= 15 is 0 Å². The molecule has 2 aromatic rings. The fraction of sp³-hybridized carbons (Fsp3) is 0.550. The van der Waals surface area contributed by atoms with Crippen molar-refractivity contribution >= 4 is 11.8 Å². The van der Waals surface area contributed by atoms with E-state index in [0.717, 1.165) is 25.7 Å². The fourth-order valence-corrected chi connectivity index (χ4v) is 2.98. The van der Waals surface area contributed by atoms with Crippen LogP contribution in [0.1, 0.15) is 38.3 Å². The second-order valence-electron chi connectivity index (χ2n) is 6.62. The second-order valence-corrected chi connectivity index (χ2v) is 6.62. The van der Waals surface area contributed by atoms with Crippen molar-refractivity contribution < 1.29 is 19.3 Å². The smallest absolute Gasteiger partial charge is 0.222 e. The van der Waals surface area contributed by atoms with Gasteiger partial charge in [0.2, 0.25) is 5.95 Å². The van der Waals surface area contributed by atoms with Gasteiger partial charge in [-0.05, 0) is 18.8 Å². The Labute approximate surface area is 171 Å².